The van der Waals surface area contributed by atoms with Crippen molar-refractivity contribution in [2.45, 2.75) is 25.3 Å². The number of halogens is 2. The second kappa shape index (κ2) is 10.1. The van der Waals surface area contributed by atoms with E-state index in [1.165, 1.54) is 0 Å². The third-order valence-corrected chi connectivity index (χ3v) is 6.45. The Hall–Kier alpha value is -1.64. The number of pyridine rings is 1. The lowest BCUT2D eigenvalue weighted by Crippen LogP contribution is -2.45. The number of benzene rings is 1. The highest BCUT2D eigenvalue weighted by molar-refractivity contribution is 8.03. The van der Waals surface area contributed by atoms with Gasteiger partial charge in [0, 0.05) is 45.9 Å². The number of hydrogen-bond acceptors (Lipinski definition) is 5. The number of aliphatic imine (C=N–C) groups is 1. The predicted molar refractivity (Wildman–Crippen MR) is 128 cm³/mol. The highest BCUT2D eigenvalue weighted by Crippen LogP contribution is 2.44. The van der Waals surface area contributed by atoms with Crippen molar-refractivity contribution >= 4 is 58.7 Å². The Morgan fingerprint density at radius 1 is 1.27 bits per heavy atom. The van der Waals surface area contributed by atoms with Gasteiger partial charge in [0.15, 0.2) is 6.34 Å². The van der Waals surface area contributed by atoms with Gasteiger partial charge in [-0.2, -0.15) is 0 Å². The zero-order valence-corrected chi connectivity index (χ0v) is 20.1. The first-order valence-electron chi connectivity index (χ1n) is 9.37. The molecular weight excluding hydrogens is 459 g/mol. The summed E-state index contributed by atoms with van der Waals surface area (Å²) in [6.45, 7) is 5.17. The van der Waals surface area contributed by atoms with Crippen LogP contribution in [0.3, 0.4) is 0 Å². The highest BCUT2D eigenvalue weighted by Gasteiger charge is 2.42. The number of nitrogens with zero attached hydrogens (tertiary/aromatic N) is 3. The molecule has 0 saturated heterocycles. The molecule has 0 spiro atoms. The summed E-state index contributed by atoms with van der Waals surface area (Å²) in [7, 11) is 1.74. The Morgan fingerprint density at radius 2 is 2.00 bits per heavy atom. The molecule has 0 saturated carbocycles. The van der Waals surface area contributed by atoms with Crippen LogP contribution in [0.4, 0.5) is 0 Å². The monoisotopic (exact) mass is 481 g/mol. The second-order valence-electron chi connectivity index (χ2n) is 7.16. The van der Waals surface area contributed by atoms with Crippen LogP contribution in [0.5, 0.6) is 0 Å². The average Bonchev–Trinajstić information content (AvgIpc) is 3.04. The van der Waals surface area contributed by atoms with Crippen LogP contribution in [0.1, 0.15) is 19.4 Å². The maximum absolute atomic E-state index is 6.25. The van der Waals surface area contributed by atoms with Gasteiger partial charge in [-0.1, -0.05) is 43.1 Å². The molecule has 1 N–H and O–H groups in total. The van der Waals surface area contributed by atoms with E-state index in [-0.39, 0.29) is 5.92 Å². The van der Waals surface area contributed by atoms with Crippen molar-refractivity contribution in [1.29, 1.82) is 0 Å². The van der Waals surface area contributed by atoms with E-state index in [1.54, 1.807) is 31.1 Å². The number of thiocarbonyl (C=S) groups is 1. The summed E-state index contributed by atoms with van der Waals surface area (Å²) in [6, 6.07) is 9.50. The van der Waals surface area contributed by atoms with E-state index in [0.29, 0.717) is 33.0 Å². The average molecular weight is 482 g/mol. The van der Waals surface area contributed by atoms with E-state index in [0.717, 1.165) is 21.2 Å². The van der Waals surface area contributed by atoms with Crippen molar-refractivity contribution in [3.63, 3.8) is 0 Å². The minimum absolute atomic E-state index is 0.226. The lowest BCUT2D eigenvalue weighted by Gasteiger charge is -2.32. The van der Waals surface area contributed by atoms with Crippen molar-refractivity contribution in [3.05, 3.63) is 69.1 Å². The Morgan fingerprint density at radius 3 is 2.60 bits per heavy atom. The van der Waals surface area contributed by atoms with Gasteiger partial charge in [-0.15, -0.1) is 0 Å². The predicted octanol–water partition coefficient (Wildman–Crippen LogP) is 5.84. The molecule has 0 aliphatic carbocycles. The summed E-state index contributed by atoms with van der Waals surface area (Å²) < 4.78 is 6.23. The zero-order chi connectivity index (χ0) is 21.7. The van der Waals surface area contributed by atoms with Crippen LogP contribution in [0.2, 0.25) is 10.0 Å². The first kappa shape index (κ1) is 23.0. The molecular formula is C21H23Cl2N4OS2+. The first-order valence-corrected chi connectivity index (χ1v) is 11.3. The molecule has 1 aliphatic rings. The number of ether oxygens (including phenoxy) is 1. The highest BCUT2D eigenvalue weighted by atomic mass is 35.5. The lowest BCUT2D eigenvalue weighted by atomic mass is 10.1. The molecule has 1 aromatic carbocycles. The van der Waals surface area contributed by atoms with E-state index in [4.69, 9.17) is 45.1 Å². The molecule has 0 bridgehead atoms. The normalized spacial score (nSPS) is 18.2. The minimum Gasteiger partial charge on any atom is -0.419 e. The number of nitrogens with one attached hydrogen (secondary N) is 1. The van der Waals surface area contributed by atoms with Gasteiger partial charge >= 0.3 is 0 Å². The third kappa shape index (κ3) is 5.53. The number of rotatable bonds is 7. The number of allylic oxidation sites excluding steroid dienone is 1. The third-order valence-electron chi connectivity index (χ3n) is 4.46. The molecule has 2 aromatic rings. The molecule has 1 unspecified atom stereocenters. The van der Waals surface area contributed by atoms with Crippen molar-refractivity contribution in [2.75, 3.05) is 13.8 Å². The Balaban J connectivity index is 2.04. The number of quaternary nitrogens is 1. The molecule has 0 fully saturated rings. The van der Waals surface area contributed by atoms with Gasteiger partial charge in [-0.05, 0) is 48.2 Å². The molecule has 1 atom stereocenters. The first-order chi connectivity index (χ1) is 14.3. The molecule has 158 valence electrons. The second-order valence-corrected chi connectivity index (χ2v) is 9.47. The zero-order valence-electron chi connectivity index (χ0n) is 16.9. The standard InChI is InChI=1S/C21H22Cl2N4OS2/c1-14(2)19-20(30-18-8-16(22)7-17(23)9-18)27(12-26-19,13-28-21(29)24-3)11-15-5-4-6-25-10-15/h4-10,12,14H,11,13H2,1-3H3/p+1. The Labute approximate surface area is 196 Å². The fourth-order valence-electron chi connectivity index (χ4n) is 3.06. The van der Waals surface area contributed by atoms with Gasteiger partial charge in [0.1, 0.15) is 12.2 Å². The smallest absolute Gasteiger partial charge is 0.260 e. The van der Waals surface area contributed by atoms with Crippen molar-refractivity contribution in [3.8, 4) is 0 Å². The maximum Gasteiger partial charge on any atom is 0.260 e. The topological polar surface area (TPSA) is 46.5 Å². The quantitative estimate of drug-likeness (QED) is 0.397. The molecule has 0 radical (unpaired) electrons. The number of aromatic nitrogens is 1. The summed E-state index contributed by atoms with van der Waals surface area (Å²) in [5.41, 5.74) is 2.06. The number of hydrogen-bond donors (Lipinski definition) is 1. The van der Waals surface area contributed by atoms with Crippen molar-refractivity contribution < 1.29 is 9.22 Å². The Bertz CT molecular complexity index is 962. The molecule has 3 rings (SSSR count). The van der Waals surface area contributed by atoms with Gasteiger partial charge in [-0.3, -0.25) is 4.98 Å². The molecule has 30 heavy (non-hydrogen) atoms. The molecule has 0 amide bonds. The molecule has 9 heteroatoms. The van der Waals surface area contributed by atoms with Crippen LogP contribution in [-0.2, 0) is 11.3 Å². The fourth-order valence-corrected chi connectivity index (χ4v) is 5.10. The van der Waals surface area contributed by atoms with Crippen LogP contribution in [0, 0.1) is 5.92 Å². The van der Waals surface area contributed by atoms with Crippen LogP contribution in [0.25, 0.3) is 0 Å². The lowest BCUT2D eigenvalue weighted by molar-refractivity contribution is -0.819. The molecule has 1 aromatic heterocycles. The largest absolute Gasteiger partial charge is 0.419 e. The van der Waals surface area contributed by atoms with Crippen molar-refractivity contribution in [1.82, 2.24) is 10.3 Å². The maximum atomic E-state index is 6.25. The van der Waals surface area contributed by atoms with E-state index in [2.05, 4.69) is 24.1 Å². The summed E-state index contributed by atoms with van der Waals surface area (Å²) >= 11 is 19.3. The van der Waals surface area contributed by atoms with Gasteiger partial charge in [-0.25, -0.2) is 9.48 Å². The van der Waals surface area contributed by atoms with Crippen LogP contribution in [-0.4, -0.2) is 34.8 Å². The van der Waals surface area contributed by atoms with E-state index >= 15 is 0 Å². The van der Waals surface area contributed by atoms with Gasteiger partial charge in [0.05, 0.1) is 0 Å². The van der Waals surface area contributed by atoms with E-state index in [1.807, 2.05) is 36.8 Å². The van der Waals surface area contributed by atoms with Crippen LogP contribution >= 0.6 is 47.2 Å². The van der Waals surface area contributed by atoms with Gasteiger partial charge < -0.3 is 10.1 Å². The van der Waals surface area contributed by atoms with Gasteiger partial charge in [0.25, 0.3) is 5.17 Å². The number of thioether (sulfide) groups is 1. The van der Waals surface area contributed by atoms with Crippen molar-refractivity contribution in [2.24, 2.45) is 10.9 Å². The van der Waals surface area contributed by atoms with E-state index in [9.17, 15) is 0 Å². The summed E-state index contributed by atoms with van der Waals surface area (Å²) in [5, 5.41) is 5.43. The summed E-state index contributed by atoms with van der Waals surface area (Å²) in [6.07, 6.45) is 5.54. The molecule has 2 heterocycles. The summed E-state index contributed by atoms with van der Waals surface area (Å²) in [4.78, 5) is 9.99. The van der Waals surface area contributed by atoms with Gasteiger partial charge in [0.2, 0.25) is 11.8 Å². The van der Waals surface area contributed by atoms with E-state index < -0.39 is 0 Å². The van der Waals surface area contributed by atoms with Crippen LogP contribution in [0.15, 0.2) is 63.3 Å². The minimum atomic E-state index is 0.226. The molecule has 5 nitrogen and oxygen atoms in total. The van der Waals surface area contributed by atoms with Crippen LogP contribution < -0.4 is 5.32 Å². The Kier molecular flexibility index (Phi) is 7.76. The fraction of sp³-hybridized carbons (Fsp3) is 0.286. The molecule has 1 aliphatic heterocycles. The SMILES string of the molecule is CNC(=S)OC[N+]1(Cc2cccnc2)C=NC(C(C)C)=C1Sc1cc(Cl)cc(Cl)c1. The summed E-state index contributed by atoms with van der Waals surface area (Å²) in [5.74, 6) is 0.226.